The summed E-state index contributed by atoms with van der Waals surface area (Å²) in [7, 11) is -3.51. The number of nitrogens with zero attached hydrogens (tertiary/aromatic N) is 3. The molecule has 0 spiro atoms. The Morgan fingerprint density at radius 1 is 1.20 bits per heavy atom. The van der Waals surface area contributed by atoms with Crippen LogP contribution in [0.15, 0.2) is 29.4 Å². The van der Waals surface area contributed by atoms with Crippen molar-refractivity contribution in [3.05, 3.63) is 24.5 Å². The van der Waals surface area contributed by atoms with Crippen molar-refractivity contribution >= 4 is 15.9 Å². The van der Waals surface area contributed by atoms with E-state index in [0.29, 0.717) is 38.5 Å². The summed E-state index contributed by atoms with van der Waals surface area (Å²) in [4.78, 5) is 18.3. The Labute approximate surface area is 149 Å². The zero-order chi connectivity index (χ0) is 17.7. The molecule has 0 unspecified atom stereocenters. The molecule has 25 heavy (non-hydrogen) atoms. The van der Waals surface area contributed by atoms with E-state index < -0.39 is 10.0 Å². The van der Waals surface area contributed by atoms with Gasteiger partial charge in [0.15, 0.2) is 0 Å². The molecule has 138 valence electrons. The lowest BCUT2D eigenvalue weighted by Crippen LogP contribution is -2.50. The van der Waals surface area contributed by atoms with Crippen molar-refractivity contribution in [1.82, 2.24) is 19.5 Å². The first-order chi connectivity index (χ1) is 12.1. The number of piperidine rings is 1. The Balaban J connectivity index is 1.49. The summed E-state index contributed by atoms with van der Waals surface area (Å²) in [5.74, 6) is 0.786. The Kier molecular flexibility index (Phi) is 6.03. The quantitative estimate of drug-likeness (QED) is 0.829. The van der Waals surface area contributed by atoms with E-state index in [9.17, 15) is 13.2 Å². The van der Waals surface area contributed by atoms with E-state index >= 15 is 0 Å². The Bertz CT molecular complexity index is 666. The first-order valence-electron chi connectivity index (χ1n) is 8.96. The Morgan fingerprint density at radius 3 is 2.56 bits per heavy atom. The van der Waals surface area contributed by atoms with E-state index in [4.69, 9.17) is 0 Å². The number of aromatic nitrogens is 1. The summed E-state index contributed by atoms with van der Waals surface area (Å²) in [6.07, 6.45) is 6.72. The van der Waals surface area contributed by atoms with Gasteiger partial charge in [-0.2, -0.15) is 4.31 Å². The van der Waals surface area contributed by atoms with Crippen LogP contribution in [0, 0.1) is 5.92 Å². The Hall–Kier alpha value is -1.51. The molecule has 0 bridgehead atoms. The number of rotatable bonds is 5. The first kappa shape index (κ1) is 18.3. The van der Waals surface area contributed by atoms with Crippen molar-refractivity contribution in [3.8, 4) is 0 Å². The number of nitrogens with one attached hydrogen (secondary N) is 1. The van der Waals surface area contributed by atoms with Crippen molar-refractivity contribution in [3.63, 3.8) is 0 Å². The minimum Gasteiger partial charge on any atom is -0.340 e. The second-order valence-corrected chi connectivity index (χ2v) is 8.64. The number of carbonyl (C=O) groups is 1. The fourth-order valence-corrected chi connectivity index (χ4v) is 4.87. The van der Waals surface area contributed by atoms with Crippen LogP contribution in [0.25, 0.3) is 0 Å². The number of sulfonamides is 1. The molecule has 2 aliphatic rings. The van der Waals surface area contributed by atoms with Gasteiger partial charge in [0.1, 0.15) is 4.90 Å². The van der Waals surface area contributed by atoms with Crippen molar-refractivity contribution in [1.29, 1.82) is 0 Å². The van der Waals surface area contributed by atoms with E-state index in [2.05, 4.69) is 10.3 Å². The van der Waals surface area contributed by atoms with Gasteiger partial charge in [0.25, 0.3) is 0 Å². The molecule has 2 fully saturated rings. The highest BCUT2D eigenvalue weighted by atomic mass is 32.2. The molecule has 0 aromatic carbocycles. The third kappa shape index (κ3) is 4.56. The molecule has 1 aromatic heterocycles. The van der Waals surface area contributed by atoms with Gasteiger partial charge in [-0.3, -0.25) is 9.78 Å². The standard InChI is InChI=1S/C17H26N4O3S/c22-17(4-3-15-5-8-18-9-6-15)20-10-12-21(13-11-20)25(23,24)16-2-1-7-19-14-16/h1-2,7,14-15,18H,3-6,8-13H2. The molecule has 1 aromatic rings. The topological polar surface area (TPSA) is 82.6 Å². The van der Waals surface area contributed by atoms with Crippen LogP contribution in [0.3, 0.4) is 0 Å². The maximum atomic E-state index is 12.6. The normalized spacial score (nSPS) is 20.6. The van der Waals surface area contributed by atoms with Crippen LogP contribution >= 0.6 is 0 Å². The van der Waals surface area contributed by atoms with Crippen LogP contribution in [-0.2, 0) is 14.8 Å². The molecule has 0 atom stereocenters. The highest BCUT2D eigenvalue weighted by Crippen LogP contribution is 2.20. The second-order valence-electron chi connectivity index (χ2n) is 6.71. The van der Waals surface area contributed by atoms with Crippen LogP contribution in [0.4, 0.5) is 0 Å². The lowest BCUT2D eigenvalue weighted by atomic mass is 9.93. The van der Waals surface area contributed by atoms with Crippen LogP contribution in [0.5, 0.6) is 0 Å². The molecule has 0 radical (unpaired) electrons. The summed E-state index contributed by atoms with van der Waals surface area (Å²) < 4.78 is 26.6. The maximum Gasteiger partial charge on any atom is 0.244 e. The van der Waals surface area contributed by atoms with Crippen molar-refractivity contribution in [2.75, 3.05) is 39.3 Å². The molecule has 8 heteroatoms. The van der Waals surface area contributed by atoms with Gasteiger partial charge in [0, 0.05) is 45.0 Å². The lowest BCUT2D eigenvalue weighted by Gasteiger charge is -2.34. The molecule has 0 saturated carbocycles. The molecule has 0 aliphatic carbocycles. The third-order valence-electron chi connectivity index (χ3n) is 5.09. The highest BCUT2D eigenvalue weighted by Gasteiger charge is 2.30. The fraction of sp³-hybridized carbons (Fsp3) is 0.647. The van der Waals surface area contributed by atoms with Crippen LogP contribution in [-0.4, -0.2) is 67.8 Å². The Morgan fingerprint density at radius 2 is 1.92 bits per heavy atom. The molecule has 3 heterocycles. The molecule has 1 amide bonds. The monoisotopic (exact) mass is 366 g/mol. The predicted molar refractivity (Wildman–Crippen MR) is 94.4 cm³/mol. The number of hydrogen-bond donors (Lipinski definition) is 1. The van der Waals surface area contributed by atoms with Gasteiger partial charge in [-0.25, -0.2) is 8.42 Å². The molecule has 3 rings (SSSR count). The average molecular weight is 366 g/mol. The minimum atomic E-state index is -3.51. The number of carbonyl (C=O) groups excluding carboxylic acids is 1. The summed E-state index contributed by atoms with van der Waals surface area (Å²) in [5.41, 5.74) is 0. The largest absolute Gasteiger partial charge is 0.340 e. The van der Waals surface area contributed by atoms with E-state index in [1.54, 1.807) is 23.2 Å². The number of hydrogen-bond acceptors (Lipinski definition) is 5. The summed E-state index contributed by atoms with van der Waals surface area (Å²) in [5, 5.41) is 3.34. The maximum absolute atomic E-state index is 12.6. The third-order valence-corrected chi connectivity index (χ3v) is 6.97. The van der Waals surface area contributed by atoms with Gasteiger partial charge in [0.05, 0.1) is 0 Å². The minimum absolute atomic E-state index is 0.150. The van der Waals surface area contributed by atoms with Crippen LogP contribution in [0.2, 0.25) is 0 Å². The van der Waals surface area contributed by atoms with E-state index in [1.807, 2.05) is 0 Å². The van der Waals surface area contributed by atoms with Crippen molar-refractivity contribution in [2.45, 2.75) is 30.6 Å². The van der Waals surface area contributed by atoms with E-state index in [1.165, 1.54) is 10.5 Å². The van der Waals surface area contributed by atoms with Crippen molar-refractivity contribution in [2.24, 2.45) is 5.92 Å². The summed E-state index contributed by atoms with van der Waals surface area (Å²) >= 11 is 0. The summed E-state index contributed by atoms with van der Waals surface area (Å²) in [6.45, 7) is 3.70. The second kappa shape index (κ2) is 8.25. The molecule has 2 aliphatic heterocycles. The molecular formula is C17H26N4O3S. The smallest absolute Gasteiger partial charge is 0.244 e. The number of pyridine rings is 1. The fourth-order valence-electron chi connectivity index (χ4n) is 3.48. The average Bonchev–Trinajstić information content (AvgIpc) is 2.68. The SMILES string of the molecule is O=C(CCC1CCNCC1)N1CCN(S(=O)(=O)c2cccnc2)CC1. The number of piperazine rings is 1. The first-order valence-corrected chi connectivity index (χ1v) is 10.4. The summed E-state index contributed by atoms with van der Waals surface area (Å²) in [6, 6.07) is 3.17. The van der Waals surface area contributed by atoms with Gasteiger partial charge in [-0.15, -0.1) is 0 Å². The van der Waals surface area contributed by atoms with Crippen LogP contribution in [0.1, 0.15) is 25.7 Å². The number of amides is 1. The molecule has 2 saturated heterocycles. The molecular weight excluding hydrogens is 340 g/mol. The highest BCUT2D eigenvalue weighted by molar-refractivity contribution is 7.89. The zero-order valence-electron chi connectivity index (χ0n) is 14.4. The van der Waals surface area contributed by atoms with Gasteiger partial charge >= 0.3 is 0 Å². The van der Waals surface area contributed by atoms with Gasteiger partial charge in [0.2, 0.25) is 15.9 Å². The van der Waals surface area contributed by atoms with E-state index in [-0.39, 0.29) is 10.8 Å². The van der Waals surface area contributed by atoms with Crippen molar-refractivity contribution < 1.29 is 13.2 Å². The van der Waals surface area contributed by atoms with Gasteiger partial charge < -0.3 is 10.2 Å². The van der Waals surface area contributed by atoms with Gasteiger partial charge in [-0.1, -0.05) is 0 Å². The zero-order valence-corrected chi connectivity index (χ0v) is 15.2. The van der Waals surface area contributed by atoms with Crippen LogP contribution < -0.4 is 5.32 Å². The molecule has 1 N–H and O–H groups in total. The predicted octanol–water partition coefficient (Wildman–Crippen LogP) is 0.694. The van der Waals surface area contributed by atoms with E-state index in [0.717, 1.165) is 32.4 Å². The lowest BCUT2D eigenvalue weighted by molar-refractivity contribution is -0.132. The molecule has 7 nitrogen and oxygen atoms in total. The van der Waals surface area contributed by atoms with Gasteiger partial charge in [-0.05, 0) is 50.4 Å².